The van der Waals surface area contributed by atoms with E-state index in [1.807, 2.05) is 0 Å². The molecule has 126 valence electrons. The lowest BCUT2D eigenvalue weighted by Gasteiger charge is -2.14. The first-order valence-corrected chi connectivity index (χ1v) is 8.64. The zero-order valence-corrected chi connectivity index (χ0v) is 13.6. The first-order chi connectivity index (χ1) is 11.4. The summed E-state index contributed by atoms with van der Waals surface area (Å²) in [6, 6.07) is 9.37. The Bertz CT molecular complexity index is 881. The highest BCUT2D eigenvalue weighted by molar-refractivity contribution is 7.87. The van der Waals surface area contributed by atoms with Crippen molar-refractivity contribution in [1.82, 2.24) is 5.32 Å². The molecule has 2 aromatic rings. The number of aryl methyl sites for hydroxylation is 1. The van der Waals surface area contributed by atoms with Gasteiger partial charge in [-0.3, -0.25) is 4.90 Å². The van der Waals surface area contributed by atoms with E-state index in [0.29, 0.717) is 24.3 Å². The van der Waals surface area contributed by atoms with Crippen molar-refractivity contribution >= 4 is 21.8 Å². The van der Waals surface area contributed by atoms with Gasteiger partial charge in [0.25, 0.3) is 0 Å². The number of hydrogen-bond donors (Lipinski definition) is 1. The standard InChI is InChI=1S/C16H15FN2O4S/c1-11-2-5-13(10-15(11)17)23-24(21,22)14-6-3-12(4-7-14)19-9-8-18-16(19)20/h2-7,10H,8-9H2,1H3,(H,18,20). The van der Waals surface area contributed by atoms with E-state index in [9.17, 15) is 17.6 Å². The van der Waals surface area contributed by atoms with E-state index in [1.54, 1.807) is 6.92 Å². The minimum absolute atomic E-state index is 0.0770. The molecule has 0 atom stereocenters. The molecule has 0 bridgehead atoms. The van der Waals surface area contributed by atoms with Crippen LogP contribution in [0, 0.1) is 12.7 Å². The molecule has 3 rings (SSSR count). The van der Waals surface area contributed by atoms with Crippen LogP contribution in [0.5, 0.6) is 5.75 Å². The maximum Gasteiger partial charge on any atom is 0.339 e. The van der Waals surface area contributed by atoms with Gasteiger partial charge in [0.05, 0.1) is 0 Å². The van der Waals surface area contributed by atoms with Gasteiger partial charge in [-0.05, 0) is 42.8 Å². The lowest BCUT2D eigenvalue weighted by atomic mass is 10.2. The van der Waals surface area contributed by atoms with E-state index in [4.69, 9.17) is 4.18 Å². The summed E-state index contributed by atoms with van der Waals surface area (Å²) in [5.74, 6) is -0.640. The number of anilines is 1. The van der Waals surface area contributed by atoms with E-state index >= 15 is 0 Å². The fraction of sp³-hybridized carbons (Fsp3) is 0.188. The van der Waals surface area contributed by atoms with Crippen molar-refractivity contribution in [2.24, 2.45) is 0 Å². The van der Waals surface area contributed by atoms with E-state index in [2.05, 4.69) is 5.32 Å². The fourth-order valence-electron chi connectivity index (χ4n) is 2.31. The molecule has 6 nitrogen and oxygen atoms in total. The number of nitrogens with zero attached hydrogens (tertiary/aromatic N) is 1. The molecule has 0 unspecified atom stereocenters. The van der Waals surface area contributed by atoms with Crippen molar-refractivity contribution in [1.29, 1.82) is 0 Å². The van der Waals surface area contributed by atoms with Crippen LogP contribution in [0.1, 0.15) is 5.56 Å². The monoisotopic (exact) mass is 350 g/mol. The van der Waals surface area contributed by atoms with E-state index in [0.717, 1.165) is 6.07 Å². The van der Waals surface area contributed by atoms with Gasteiger partial charge in [-0.25, -0.2) is 9.18 Å². The molecule has 1 fully saturated rings. The minimum Gasteiger partial charge on any atom is -0.379 e. The number of benzene rings is 2. The lowest BCUT2D eigenvalue weighted by Crippen LogP contribution is -2.27. The topological polar surface area (TPSA) is 75.7 Å². The van der Waals surface area contributed by atoms with Crippen LogP contribution in [-0.2, 0) is 10.1 Å². The Morgan fingerprint density at radius 3 is 2.46 bits per heavy atom. The van der Waals surface area contributed by atoms with Gasteiger partial charge in [-0.15, -0.1) is 0 Å². The molecule has 2 amide bonds. The summed E-state index contributed by atoms with van der Waals surface area (Å²) in [5.41, 5.74) is 0.985. The molecule has 1 N–H and O–H groups in total. The maximum absolute atomic E-state index is 13.5. The van der Waals surface area contributed by atoms with Crippen LogP contribution in [0.25, 0.3) is 0 Å². The SMILES string of the molecule is Cc1ccc(OS(=O)(=O)c2ccc(N3CCNC3=O)cc2)cc1F. The normalized spacial score (nSPS) is 14.6. The van der Waals surface area contributed by atoms with Crippen LogP contribution in [0.4, 0.5) is 14.9 Å². The summed E-state index contributed by atoms with van der Waals surface area (Å²) in [6.07, 6.45) is 0. The van der Waals surface area contributed by atoms with Gasteiger partial charge in [0, 0.05) is 24.8 Å². The zero-order chi connectivity index (χ0) is 17.3. The van der Waals surface area contributed by atoms with Gasteiger partial charge in [0.1, 0.15) is 16.5 Å². The summed E-state index contributed by atoms with van der Waals surface area (Å²) >= 11 is 0. The van der Waals surface area contributed by atoms with Gasteiger partial charge in [-0.2, -0.15) is 8.42 Å². The largest absolute Gasteiger partial charge is 0.379 e. The third-order valence-electron chi connectivity index (χ3n) is 3.64. The number of urea groups is 1. The summed E-state index contributed by atoms with van der Waals surface area (Å²) in [7, 11) is -4.08. The number of carbonyl (C=O) groups excluding carboxylic acids is 1. The second kappa shape index (κ2) is 6.12. The van der Waals surface area contributed by atoms with Crippen molar-refractivity contribution in [2.45, 2.75) is 11.8 Å². The van der Waals surface area contributed by atoms with E-state index < -0.39 is 15.9 Å². The lowest BCUT2D eigenvalue weighted by molar-refractivity contribution is 0.252. The Morgan fingerprint density at radius 2 is 1.88 bits per heavy atom. The second-order valence-corrected chi connectivity index (χ2v) is 6.87. The highest BCUT2D eigenvalue weighted by atomic mass is 32.2. The predicted molar refractivity (Wildman–Crippen MR) is 86.1 cm³/mol. The average molecular weight is 350 g/mol. The summed E-state index contributed by atoms with van der Waals surface area (Å²) < 4.78 is 43.0. The Kier molecular flexibility index (Phi) is 4.15. The van der Waals surface area contributed by atoms with Crippen molar-refractivity contribution < 1.29 is 21.8 Å². The molecule has 0 saturated carbocycles. The number of halogens is 1. The Morgan fingerprint density at radius 1 is 1.17 bits per heavy atom. The van der Waals surface area contributed by atoms with Gasteiger partial charge in [0.2, 0.25) is 0 Å². The average Bonchev–Trinajstić information content (AvgIpc) is 2.97. The van der Waals surface area contributed by atoms with Crippen LogP contribution >= 0.6 is 0 Å². The number of carbonyl (C=O) groups is 1. The maximum atomic E-state index is 13.5. The van der Waals surface area contributed by atoms with Gasteiger partial charge >= 0.3 is 16.1 Å². The molecule has 0 spiro atoms. The molecule has 0 radical (unpaired) electrons. The second-order valence-electron chi connectivity index (χ2n) is 5.33. The van der Waals surface area contributed by atoms with Crippen LogP contribution in [0.2, 0.25) is 0 Å². The van der Waals surface area contributed by atoms with Crippen LogP contribution in [-0.4, -0.2) is 27.5 Å². The third kappa shape index (κ3) is 3.18. The molecule has 1 saturated heterocycles. The minimum atomic E-state index is -4.08. The molecule has 8 heteroatoms. The van der Waals surface area contributed by atoms with Crippen molar-refractivity contribution in [3.63, 3.8) is 0 Å². The van der Waals surface area contributed by atoms with Crippen molar-refractivity contribution in [3.05, 3.63) is 53.8 Å². The van der Waals surface area contributed by atoms with Crippen molar-refractivity contribution in [2.75, 3.05) is 18.0 Å². The molecule has 0 aliphatic carbocycles. The molecule has 24 heavy (non-hydrogen) atoms. The summed E-state index contributed by atoms with van der Waals surface area (Å²) in [5, 5.41) is 2.66. The smallest absolute Gasteiger partial charge is 0.339 e. The Hall–Kier alpha value is -2.61. The van der Waals surface area contributed by atoms with Crippen LogP contribution < -0.4 is 14.4 Å². The number of amides is 2. The van der Waals surface area contributed by atoms with Crippen LogP contribution in [0.15, 0.2) is 47.4 Å². The number of hydrogen-bond acceptors (Lipinski definition) is 4. The van der Waals surface area contributed by atoms with Crippen molar-refractivity contribution in [3.8, 4) is 5.75 Å². The van der Waals surface area contributed by atoms with Gasteiger partial charge in [0.15, 0.2) is 0 Å². The van der Waals surface area contributed by atoms with Gasteiger partial charge < -0.3 is 9.50 Å². The van der Waals surface area contributed by atoms with E-state index in [-0.39, 0.29) is 16.7 Å². The number of rotatable bonds is 4. The molecule has 1 aliphatic rings. The first-order valence-electron chi connectivity index (χ1n) is 7.23. The molecular weight excluding hydrogens is 335 g/mol. The van der Waals surface area contributed by atoms with Gasteiger partial charge in [-0.1, -0.05) is 6.07 Å². The Labute approximate surface area is 139 Å². The number of nitrogens with one attached hydrogen (secondary N) is 1. The van der Waals surface area contributed by atoms with E-state index in [1.165, 1.54) is 41.3 Å². The van der Waals surface area contributed by atoms with Crippen LogP contribution in [0.3, 0.4) is 0 Å². The third-order valence-corrected chi connectivity index (χ3v) is 4.90. The fourth-order valence-corrected chi connectivity index (χ4v) is 3.23. The molecule has 1 aliphatic heterocycles. The molecular formula is C16H15FN2O4S. The first kappa shape index (κ1) is 16.3. The zero-order valence-electron chi connectivity index (χ0n) is 12.8. The summed E-state index contributed by atoms with van der Waals surface area (Å²) in [4.78, 5) is 13.0. The summed E-state index contributed by atoms with van der Waals surface area (Å²) in [6.45, 7) is 2.63. The molecule has 2 aromatic carbocycles. The Balaban J connectivity index is 1.81. The highest BCUT2D eigenvalue weighted by Gasteiger charge is 2.22. The molecule has 0 aromatic heterocycles. The quantitative estimate of drug-likeness (QED) is 0.860. The highest BCUT2D eigenvalue weighted by Crippen LogP contribution is 2.23. The molecule has 1 heterocycles. The predicted octanol–water partition coefficient (Wildman–Crippen LogP) is 2.43.